The van der Waals surface area contributed by atoms with Crippen LogP contribution < -0.4 is 5.32 Å². The fraction of sp³-hybridized carbons (Fsp3) is 0.417. The topological polar surface area (TPSA) is 75.1 Å². The molecule has 0 aliphatic carbocycles. The van der Waals surface area contributed by atoms with Crippen LogP contribution in [0.2, 0.25) is 0 Å². The van der Waals surface area contributed by atoms with Gasteiger partial charge in [-0.1, -0.05) is 6.92 Å². The van der Waals surface area contributed by atoms with Crippen LogP contribution in [0.25, 0.3) is 10.2 Å². The van der Waals surface area contributed by atoms with Crippen molar-refractivity contribution in [1.82, 2.24) is 9.97 Å². The molecular weight excluding hydrogens is 250 g/mol. The minimum Gasteiger partial charge on any atom is -0.481 e. The zero-order valence-corrected chi connectivity index (χ0v) is 11.2. The van der Waals surface area contributed by atoms with Crippen molar-refractivity contribution in [3.63, 3.8) is 0 Å². The predicted octanol–water partition coefficient (Wildman–Crippen LogP) is 2.45. The van der Waals surface area contributed by atoms with Crippen LogP contribution in [0, 0.1) is 6.92 Å². The van der Waals surface area contributed by atoms with E-state index >= 15 is 0 Å². The maximum Gasteiger partial charge on any atom is 0.305 e. The number of nitrogens with zero attached hydrogens (tertiary/aromatic N) is 2. The number of aromatic nitrogens is 2. The first kappa shape index (κ1) is 12.8. The van der Waals surface area contributed by atoms with Gasteiger partial charge in [0.2, 0.25) is 0 Å². The molecule has 0 spiro atoms. The average Bonchev–Trinajstić information content (AvgIpc) is 2.68. The fourth-order valence-corrected chi connectivity index (χ4v) is 2.57. The first-order valence-electron chi connectivity index (χ1n) is 5.83. The molecule has 6 heteroatoms. The molecule has 96 valence electrons. The highest BCUT2D eigenvalue weighted by atomic mass is 32.1. The number of nitrogens with one attached hydrogen (secondary N) is 1. The molecule has 0 saturated carbocycles. The van der Waals surface area contributed by atoms with E-state index in [0.29, 0.717) is 6.54 Å². The predicted molar refractivity (Wildman–Crippen MR) is 72.3 cm³/mol. The molecule has 2 heterocycles. The van der Waals surface area contributed by atoms with E-state index < -0.39 is 5.97 Å². The van der Waals surface area contributed by atoms with Crippen LogP contribution in [-0.2, 0) is 11.2 Å². The van der Waals surface area contributed by atoms with Crippen LogP contribution in [0.4, 0.5) is 5.82 Å². The summed E-state index contributed by atoms with van der Waals surface area (Å²) >= 11 is 1.63. The summed E-state index contributed by atoms with van der Waals surface area (Å²) in [5.74, 6) is 0.703. The van der Waals surface area contributed by atoms with E-state index in [0.717, 1.165) is 28.3 Å². The molecule has 0 unspecified atom stereocenters. The summed E-state index contributed by atoms with van der Waals surface area (Å²) in [5.41, 5.74) is 0. The molecule has 18 heavy (non-hydrogen) atoms. The highest BCUT2D eigenvalue weighted by Gasteiger charge is 2.09. The molecule has 5 nitrogen and oxygen atoms in total. The molecule has 2 aromatic heterocycles. The van der Waals surface area contributed by atoms with Gasteiger partial charge in [-0.3, -0.25) is 4.79 Å². The summed E-state index contributed by atoms with van der Waals surface area (Å²) in [6, 6.07) is 2.03. The quantitative estimate of drug-likeness (QED) is 0.868. The maximum atomic E-state index is 10.5. The van der Waals surface area contributed by atoms with Crippen molar-refractivity contribution in [2.75, 3.05) is 11.9 Å². The second-order valence-electron chi connectivity index (χ2n) is 3.99. The van der Waals surface area contributed by atoms with Crippen molar-refractivity contribution in [1.29, 1.82) is 0 Å². The average molecular weight is 265 g/mol. The number of carboxylic acids is 1. The van der Waals surface area contributed by atoms with Crippen molar-refractivity contribution in [2.24, 2.45) is 0 Å². The second-order valence-corrected chi connectivity index (χ2v) is 5.22. The van der Waals surface area contributed by atoms with E-state index in [1.54, 1.807) is 11.3 Å². The Balaban J connectivity index is 2.31. The monoisotopic (exact) mass is 265 g/mol. The number of thiophene rings is 1. The van der Waals surface area contributed by atoms with E-state index in [2.05, 4.69) is 15.3 Å². The molecular formula is C12H15N3O2S. The molecule has 0 aromatic carbocycles. The van der Waals surface area contributed by atoms with Gasteiger partial charge in [-0.05, 0) is 13.0 Å². The molecule has 0 bridgehead atoms. The van der Waals surface area contributed by atoms with Crippen LogP contribution in [0.1, 0.15) is 24.0 Å². The summed E-state index contributed by atoms with van der Waals surface area (Å²) in [7, 11) is 0. The minimum absolute atomic E-state index is 0.0794. The molecule has 0 radical (unpaired) electrons. The van der Waals surface area contributed by atoms with Gasteiger partial charge in [0.05, 0.1) is 11.8 Å². The van der Waals surface area contributed by atoms with Crippen LogP contribution in [0.5, 0.6) is 0 Å². The summed E-state index contributed by atoms with van der Waals surface area (Å²) in [4.78, 5) is 21.5. The number of hydrogen-bond donors (Lipinski definition) is 2. The lowest BCUT2D eigenvalue weighted by Crippen LogP contribution is -2.10. The summed E-state index contributed by atoms with van der Waals surface area (Å²) in [6.45, 7) is 4.40. The zero-order valence-electron chi connectivity index (χ0n) is 10.4. The zero-order chi connectivity index (χ0) is 13.1. The Morgan fingerprint density at radius 3 is 2.94 bits per heavy atom. The number of carboxylic acid groups (broad SMARTS) is 1. The number of fused-ring (bicyclic) bond motifs is 1. The largest absolute Gasteiger partial charge is 0.481 e. The maximum absolute atomic E-state index is 10.5. The Hall–Kier alpha value is -1.69. The van der Waals surface area contributed by atoms with Crippen LogP contribution in [-0.4, -0.2) is 27.6 Å². The van der Waals surface area contributed by atoms with E-state index in [1.807, 2.05) is 19.9 Å². The van der Waals surface area contributed by atoms with Gasteiger partial charge in [-0.15, -0.1) is 11.3 Å². The Morgan fingerprint density at radius 2 is 2.28 bits per heavy atom. The third kappa shape index (κ3) is 2.76. The van der Waals surface area contributed by atoms with Crippen LogP contribution in [0.15, 0.2) is 6.07 Å². The van der Waals surface area contributed by atoms with Gasteiger partial charge in [0.15, 0.2) is 0 Å². The van der Waals surface area contributed by atoms with Crippen molar-refractivity contribution in [3.8, 4) is 0 Å². The molecule has 0 aliphatic rings. The lowest BCUT2D eigenvalue weighted by molar-refractivity contribution is -0.136. The Labute approximate surface area is 109 Å². The van der Waals surface area contributed by atoms with Crippen molar-refractivity contribution >= 4 is 33.3 Å². The number of carbonyl (C=O) groups is 1. The molecule has 2 rings (SSSR count). The van der Waals surface area contributed by atoms with Crippen molar-refractivity contribution in [3.05, 3.63) is 16.8 Å². The SMILES string of the molecule is CCc1nc(NCCC(=O)O)c2cc(C)sc2n1. The van der Waals surface area contributed by atoms with E-state index in [1.165, 1.54) is 4.88 Å². The third-order valence-corrected chi connectivity index (χ3v) is 3.45. The Kier molecular flexibility index (Phi) is 3.76. The number of anilines is 1. The lowest BCUT2D eigenvalue weighted by Gasteiger charge is -2.06. The van der Waals surface area contributed by atoms with Gasteiger partial charge in [-0.25, -0.2) is 9.97 Å². The van der Waals surface area contributed by atoms with Crippen LogP contribution in [0.3, 0.4) is 0 Å². The van der Waals surface area contributed by atoms with Crippen molar-refractivity contribution < 1.29 is 9.90 Å². The van der Waals surface area contributed by atoms with Gasteiger partial charge in [0, 0.05) is 17.8 Å². The van der Waals surface area contributed by atoms with E-state index in [9.17, 15) is 4.79 Å². The molecule has 2 aromatic rings. The van der Waals surface area contributed by atoms with Gasteiger partial charge >= 0.3 is 5.97 Å². The fourth-order valence-electron chi connectivity index (χ4n) is 1.67. The van der Waals surface area contributed by atoms with E-state index in [-0.39, 0.29) is 6.42 Å². The first-order chi connectivity index (χ1) is 8.60. The molecule has 0 fully saturated rings. The van der Waals surface area contributed by atoms with Crippen LogP contribution >= 0.6 is 11.3 Å². The van der Waals surface area contributed by atoms with Gasteiger partial charge < -0.3 is 10.4 Å². The standard InChI is InChI=1S/C12H15N3O2S/c1-3-9-14-11(13-5-4-10(16)17)8-6-7(2)18-12(8)15-9/h6H,3-5H2,1-2H3,(H,16,17)(H,13,14,15). The Bertz CT molecular complexity index is 580. The number of aliphatic carboxylic acids is 1. The molecule has 0 saturated heterocycles. The minimum atomic E-state index is -0.815. The number of rotatable bonds is 5. The third-order valence-electron chi connectivity index (χ3n) is 2.51. The number of aryl methyl sites for hydroxylation is 2. The van der Waals surface area contributed by atoms with Gasteiger partial charge in [0.25, 0.3) is 0 Å². The normalized spacial score (nSPS) is 10.8. The summed E-state index contributed by atoms with van der Waals surface area (Å²) < 4.78 is 0. The van der Waals surface area contributed by atoms with Gasteiger partial charge in [-0.2, -0.15) is 0 Å². The first-order valence-corrected chi connectivity index (χ1v) is 6.64. The summed E-state index contributed by atoms with van der Waals surface area (Å²) in [6.07, 6.45) is 0.844. The second kappa shape index (κ2) is 5.30. The highest BCUT2D eigenvalue weighted by Crippen LogP contribution is 2.28. The molecule has 2 N–H and O–H groups in total. The molecule has 0 atom stereocenters. The van der Waals surface area contributed by atoms with Gasteiger partial charge in [0.1, 0.15) is 16.5 Å². The Morgan fingerprint density at radius 1 is 1.50 bits per heavy atom. The molecule has 0 aliphatic heterocycles. The lowest BCUT2D eigenvalue weighted by atomic mass is 10.3. The molecule has 0 amide bonds. The smallest absolute Gasteiger partial charge is 0.305 e. The summed E-state index contributed by atoms with van der Waals surface area (Å²) in [5, 5.41) is 12.7. The van der Waals surface area contributed by atoms with E-state index in [4.69, 9.17) is 5.11 Å². The number of hydrogen-bond acceptors (Lipinski definition) is 5. The highest BCUT2D eigenvalue weighted by molar-refractivity contribution is 7.18. The van der Waals surface area contributed by atoms with Crippen molar-refractivity contribution in [2.45, 2.75) is 26.7 Å².